The van der Waals surface area contributed by atoms with Crippen molar-refractivity contribution in [2.24, 2.45) is 0 Å². The fourth-order valence-electron chi connectivity index (χ4n) is 1.72. The summed E-state index contributed by atoms with van der Waals surface area (Å²) < 4.78 is 0.757. The van der Waals surface area contributed by atoms with Crippen molar-refractivity contribution in [3.05, 3.63) is 57.0 Å². The van der Waals surface area contributed by atoms with Crippen LogP contribution in [0.4, 0.5) is 11.4 Å². The van der Waals surface area contributed by atoms with E-state index in [0.29, 0.717) is 5.69 Å². The van der Waals surface area contributed by atoms with Crippen LogP contribution in [0.5, 0.6) is 0 Å². The standard InChI is InChI=1S/C14H10BrClN2O3/c15-8-1-2-11(12(17)5-8)13(19)18-10-4-7(14(20)21)3-9(16)6-10/h1-6H,17H2,(H,18,19)(H,20,21). The number of carbonyl (C=O) groups is 2. The number of hydrogen-bond donors (Lipinski definition) is 3. The van der Waals surface area contributed by atoms with Crippen molar-refractivity contribution < 1.29 is 14.7 Å². The molecule has 0 atom stereocenters. The molecule has 4 N–H and O–H groups in total. The number of carbonyl (C=O) groups excluding carboxylic acids is 1. The lowest BCUT2D eigenvalue weighted by molar-refractivity contribution is 0.0696. The third kappa shape index (κ3) is 3.74. The molecule has 0 aliphatic heterocycles. The lowest BCUT2D eigenvalue weighted by atomic mass is 10.1. The molecule has 21 heavy (non-hydrogen) atoms. The average molecular weight is 370 g/mol. The van der Waals surface area contributed by atoms with Gasteiger partial charge in [0.1, 0.15) is 0 Å². The van der Waals surface area contributed by atoms with Crippen molar-refractivity contribution in [3.63, 3.8) is 0 Å². The second-order valence-corrected chi connectivity index (χ2v) is 5.57. The first-order valence-corrected chi connectivity index (χ1v) is 6.94. The zero-order valence-electron chi connectivity index (χ0n) is 10.6. The number of carboxylic acids is 1. The predicted molar refractivity (Wildman–Crippen MR) is 84.9 cm³/mol. The van der Waals surface area contributed by atoms with E-state index >= 15 is 0 Å². The Labute approximate surface area is 133 Å². The monoisotopic (exact) mass is 368 g/mol. The minimum absolute atomic E-state index is 0.0124. The Morgan fingerprint density at radius 3 is 2.52 bits per heavy atom. The van der Waals surface area contributed by atoms with Crippen LogP contribution < -0.4 is 11.1 Å². The second-order valence-electron chi connectivity index (χ2n) is 4.22. The highest BCUT2D eigenvalue weighted by atomic mass is 79.9. The summed E-state index contributed by atoms with van der Waals surface area (Å²) >= 11 is 9.08. The fourth-order valence-corrected chi connectivity index (χ4v) is 2.34. The van der Waals surface area contributed by atoms with Gasteiger partial charge >= 0.3 is 5.97 Å². The molecule has 0 bridgehead atoms. The zero-order chi connectivity index (χ0) is 15.6. The van der Waals surface area contributed by atoms with Crippen LogP contribution in [0.15, 0.2) is 40.9 Å². The predicted octanol–water partition coefficient (Wildman–Crippen LogP) is 3.64. The molecular weight excluding hydrogens is 360 g/mol. The summed E-state index contributed by atoms with van der Waals surface area (Å²) in [6.07, 6.45) is 0. The molecule has 2 aromatic rings. The minimum Gasteiger partial charge on any atom is -0.478 e. The fraction of sp³-hybridized carbons (Fsp3) is 0. The summed E-state index contributed by atoms with van der Waals surface area (Å²) in [6.45, 7) is 0. The number of rotatable bonds is 3. The molecule has 0 aliphatic rings. The van der Waals surface area contributed by atoms with Gasteiger partial charge in [-0.05, 0) is 36.4 Å². The summed E-state index contributed by atoms with van der Waals surface area (Å²) in [4.78, 5) is 23.1. The van der Waals surface area contributed by atoms with Crippen molar-refractivity contribution in [3.8, 4) is 0 Å². The van der Waals surface area contributed by atoms with Crippen LogP contribution in [0.3, 0.4) is 0 Å². The first-order chi connectivity index (χ1) is 9.86. The SMILES string of the molecule is Nc1cc(Br)ccc1C(=O)Nc1cc(Cl)cc(C(=O)O)c1. The second kappa shape index (κ2) is 6.15. The van der Waals surface area contributed by atoms with Crippen LogP contribution in [0, 0.1) is 0 Å². The van der Waals surface area contributed by atoms with E-state index in [1.165, 1.54) is 18.2 Å². The highest BCUT2D eigenvalue weighted by Crippen LogP contribution is 2.22. The molecule has 0 aromatic heterocycles. The van der Waals surface area contributed by atoms with Crippen LogP contribution in [0.2, 0.25) is 5.02 Å². The molecule has 1 amide bonds. The van der Waals surface area contributed by atoms with Gasteiger partial charge in [-0.15, -0.1) is 0 Å². The summed E-state index contributed by atoms with van der Waals surface area (Å²) in [7, 11) is 0. The molecular formula is C14H10BrClN2O3. The summed E-state index contributed by atoms with van der Waals surface area (Å²) in [6, 6.07) is 8.94. The number of nitrogens with two attached hydrogens (primary N) is 1. The van der Waals surface area contributed by atoms with E-state index in [9.17, 15) is 9.59 Å². The third-order valence-electron chi connectivity index (χ3n) is 2.66. The average Bonchev–Trinajstić information content (AvgIpc) is 2.37. The van der Waals surface area contributed by atoms with Gasteiger partial charge in [0.15, 0.2) is 0 Å². The van der Waals surface area contributed by atoms with Crippen LogP contribution in [0.1, 0.15) is 20.7 Å². The van der Waals surface area contributed by atoms with Crippen molar-refractivity contribution in [2.75, 3.05) is 11.1 Å². The first-order valence-electron chi connectivity index (χ1n) is 5.77. The molecule has 5 nitrogen and oxygen atoms in total. The Morgan fingerprint density at radius 1 is 1.19 bits per heavy atom. The van der Waals surface area contributed by atoms with Crippen molar-refractivity contribution in [1.82, 2.24) is 0 Å². The number of aromatic carboxylic acids is 1. The lowest BCUT2D eigenvalue weighted by Gasteiger charge is -2.09. The number of nitrogen functional groups attached to an aromatic ring is 1. The number of benzene rings is 2. The van der Waals surface area contributed by atoms with Crippen molar-refractivity contribution in [1.29, 1.82) is 0 Å². The Bertz CT molecular complexity index is 734. The van der Waals surface area contributed by atoms with Gasteiger partial charge in [0.2, 0.25) is 0 Å². The van der Waals surface area contributed by atoms with Gasteiger partial charge in [0.25, 0.3) is 5.91 Å². The topological polar surface area (TPSA) is 92.4 Å². The van der Waals surface area contributed by atoms with E-state index in [1.807, 2.05) is 0 Å². The number of amides is 1. The number of carboxylic acid groups (broad SMARTS) is 1. The van der Waals surface area contributed by atoms with Crippen LogP contribution >= 0.6 is 27.5 Å². The Morgan fingerprint density at radius 2 is 1.90 bits per heavy atom. The van der Waals surface area contributed by atoms with Gasteiger partial charge in [-0.25, -0.2) is 4.79 Å². The number of anilines is 2. The van der Waals surface area contributed by atoms with Gasteiger partial charge in [0.05, 0.1) is 11.1 Å². The molecule has 0 saturated heterocycles. The highest BCUT2D eigenvalue weighted by Gasteiger charge is 2.12. The Kier molecular flexibility index (Phi) is 4.50. The first kappa shape index (κ1) is 15.3. The Balaban J connectivity index is 2.29. The molecule has 0 aliphatic carbocycles. The normalized spacial score (nSPS) is 10.2. The van der Waals surface area contributed by atoms with E-state index in [0.717, 1.165) is 4.47 Å². The number of halogens is 2. The molecule has 7 heteroatoms. The van der Waals surface area contributed by atoms with E-state index in [4.69, 9.17) is 22.4 Å². The van der Waals surface area contributed by atoms with Gasteiger partial charge < -0.3 is 16.2 Å². The Hall–Kier alpha value is -2.05. The van der Waals surface area contributed by atoms with Crippen molar-refractivity contribution >= 4 is 50.8 Å². The highest BCUT2D eigenvalue weighted by molar-refractivity contribution is 9.10. The quantitative estimate of drug-likeness (QED) is 0.720. The minimum atomic E-state index is -1.13. The molecule has 0 saturated carbocycles. The maximum Gasteiger partial charge on any atom is 0.335 e. The third-order valence-corrected chi connectivity index (χ3v) is 3.37. The zero-order valence-corrected chi connectivity index (χ0v) is 12.9. The van der Waals surface area contributed by atoms with E-state index in [-0.39, 0.29) is 21.8 Å². The molecule has 0 heterocycles. The largest absolute Gasteiger partial charge is 0.478 e. The molecule has 2 rings (SSSR count). The molecule has 108 valence electrons. The van der Waals surface area contributed by atoms with E-state index < -0.39 is 11.9 Å². The smallest absolute Gasteiger partial charge is 0.335 e. The van der Waals surface area contributed by atoms with Crippen LogP contribution in [-0.4, -0.2) is 17.0 Å². The van der Waals surface area contributed by atoms with Gasteiger partial charge in [0, 0.05) is 20.9 Å². The van der Waals surface area contributed by atoms with Crippen LogP contribution in [0.25, 0.3) is 0 Å². The molecule has 0 fully saturated rings. The van der Waals surface area contributed by atoms with Gasteiger partial charge in [-0.1, -0.05) is 27.5 Å². The number of hydrogen-bond acceptors (Lipinski definition) is 3. The molecule has 0 radical (unpaired) electrons. The maximum absolute atomic E-state index is 12.1. The van der Waals surface area contributed by atoms with Gasteiger partial charge in [-0.3, -0.25) is 4.79 Å². The summed E-state index contributed by atoms with van der Waals surface area (Å²) in [5, 5.41) is 11.8. The molecule has 0 spiro atoms. The summed E-state index contributed by atoms with van der Waals surface area (Å²) in [5.41, 5.74) is 6.64. The van der Waals surface area contributed by atoms with Crippen LogP contribution in [-0.2, 0) is 0 Å². The van der Waals surface area contributed by atoms with Gasteiger partial charge in [-0.2, -0.15) is 0 Å². The molecule has 2 aromatic carbocycles. The summed E-state index contributed by atoms with van der Waals surface area (Å²) in [5.74, 6) is -1.57. The van der Waals surface area contributed by atoms with E-state index in [1.54, 1.807) is 18.2 Å². The van der Waals surface area contributed by atoms with Crippen molar-refractivity contribution in [2.45, 2.75) is 0 Å². The maximum atomic E-state index is 12.1. The number of nitrogens with one attached hydrogen (secondary N) is 1. The van der Waals surface area contributed by atoms with E-state index in [2.05, 4.69) is 21.2 Å². The molecule has 0 unspecified atom stereocenters. The lowest BCUT2D eigenvalue weighted by Crippen LogP contribution is -2.14.